The van der Waals surface area contributed by atoms with Crippen molar-refractivity contribution in [1.29, 1.82) is 0 Å². The van der Waals surface area contributed by atoms with Gasteiger partial charge in [0.25, 0.3) is 0 Å². The number of rotatable bonds is 6. The normalized spacial score (nSPS) is 23.3. The number of aromatic nitrogens is 2. The molecule has 4 atom stereocenters. The van der Waals surface area contributed by atoms with Gasteiger partial charge in [-0.1, -0.05) is 38.1 Å². The zero-order valence-corrected chi connectivity index (χ0v) is 36.7. The fraction of sp³-hybridized carbons (Fsp3) is 0.565. The number of pyridine rings is 2. The Morgan fingerprint density at radius 2 is 0.984 bits per heavy atom. The molecule has 0 saturated carbocycles. The van der Waals surface area contributed by atoms with E-state index in [2.05, 4.69) is 67.8 Å². The number of alkyl halides is 6. The van der Waals surface area contributed by atoms with E-state index in [0.29, 0.717) is 37.0 Å². The van der Waals surface area contributed by atoms with Crippen molar-refractivity contribution in [1.82, 2.24) is 40.2 Å². The quantitative estimate of drug-likeness (QED) is 0.184. The van der Waals surface area contributed by atoms with Crippen LogP contribution in [0.5, 0.6) is 11.5 Å². The van der Waals surface area contributed by atoms with Gasteiger partial charge in [-0.3, -0.25) is 9.97 Å². The number of likely N-dealkylation sites (tertiary alicyclic amines) is 4. The number of hydrogen-bond donors (Lipinski definition) is 2. The van der Waals surface area contributed by atoms with Crippen LogP contribution in [0.2, 0.25) is 0 Å². The van der Waals surface area contributed by atoms with Gasteiger partial charge < -0.3 is 39.7 Å². The molecule has 2 N–H and O–H groups in total. The van der Waals surface area contributed by atoms with Gasteiger partial charge in [-0.15, -0.1) is 26.3 Å². The predicted molar refractivity (Wildman–Crippen MR) is 235 cm³/mol. The van der Waals surface area contributed by atoms with Crippen LogP contribution in [0, 0.1) is 11.8 Å². The predicted octanol–water partition coefficient (Wildman–Crippen LogP) is 9.22. The van der Waals surface area contributed by atoms with Gasteiger partial charge in [0.1, 0.15) is 11.0 Å². The molecule has 4 fully saturated rings. The Morgan fingerprint density at radius 1 is 0.609 bits per heavy atom. The molecule has 4 aromatic rings. The zero-order chi connectivity index (χ0) is 45.8. The first-order valence-corrected chi connectivity index (χ1v) is 22.1. The van der Waals surface area contributed by atoms with Crippen molar-refractivity contribution >= 4 is 33.9 Å². The number of carbonyl (C=O) groups excluding carboxylic acids is 2. The van der Waals surface area contributed by atoms with Crippen LogP contribution in [0.4, 0.5) is 35.9 Å². The number of halogens is 6. The summed E-state index contributed by atoms with van der Waals surface area (Å²) in [4.78, 5) is 42.5. The second-order valence-corrected chi connectivity index (χ2v) is 18.1. The number of fused-ring (bicyclic) bond motifs is 2. The van der Waals surface area contributed by atoms with Gasteiger partial charge in [0.05, 0.1) is 0 Å². The minimum absolute atomic E-state index is 0. The summed E-state index contributed by atoms with van der Waals surface area (Å²) in [6.45, 7) is 10.4. The maximum atomic E-state index is 13.0. The molecule has 4 aliphatic rings. The maximum absolute atomic E-state index is 13.0. The van der Waals surface area contributed by atoms with E-state index < -0.39 is 12.7 Å². The van der Waals surface area contributed by atoms with E-state index in [1.54, 1.807) is 36.4 Å². The Kier molecular flexibility index (Phi) is 14.6. The van der Waals surface area contributed by atoms with E-state index in [-0.39, 0.29) is 73.2 Å². The standard InChI is InChI=1S/2C23H29F3N4O2.2H2/c2*1-15-12-16(14-30(13-15)22(31)28-17-7-10-29(2)11-8-17)18-5-6-20(32-23(24,25)26)21-19(18)4-3-9-27-21;;/h2*3-6,9,15-17H,7-8,10-14H2,1-2H3,(H,28,31);2*1H/t15-,16+;15-,16-;;/m11../s1. The molecule has 4 aliphatic heterocycles. The number of carbonyl (C=O) groups is 2. The van der Waals surface area contributed by atoms with Crippen LogP contribution in [-0.2, 0) is 0 Å². The summed E-state index contributed by atoms with van der Waals surface area (Å²) in [5.74, 6) is -0.0537. The van der Waals surface area contributed by atoms with Crippen LogP contribution >= 0.6 is 0 Å². The van der Waals surface area contributed by atoms with Gasteiger partial charge >= 0.3 is 24.8 Å². The number of hydrogen-bond acceptors (Lipinski definition) is 8. The number of benzene rings is 2. The van der Waals surface area contributed by atoms with Gasteiger partial charge in [-0.2, -0.15) is 0 Å². The van der Waals surface area contributed by atoms with Gasteiger partial charge in [0, 0.05) is 76.1 Å². The lowest BCUT2D eigenvalue weighted by Crippen LogP contribution is -2.52. The summed E-state index contributed by atoms with van der Waals surface area (Å²) >= 11 is 0. The molecule has 0 spiro atoms. The third kappa shape index (κ3) is 12.2. The second kappa shape index (κ2) is 20.0. The van der Waals surface area contributed by atoms with Crippen LogP contribution in [0.25, 0.3) is 21.8 Å². The van der Waals surface area contributed by atoms with E-state index in [4.69, 9.17) is 0 Å². The zero-order valence-electron chi connectivity index (χ0n) is 36.7. The summed E-state index contributed by atoms with van der Waals surface area (Å²) in [7, 11) is 4.16. The number of nitrogens with one attached hydrogen (secondary N) is 2. The highest BCUT2D eigenvalue weighted by Crippen LogP contribution is 2.40. The highest BCUT2D eigenvalue weighted by atomic mass is 19.4. The van der Waals surface area contributed by atoms with Gasteiger partial charge in [0.15, 0.2) is 11.5 Å². The molecule has 8 rings (SSSR count). The average molecular weight is 905 g/mol. The van der Waals surface area contributed by atoms with Crippen molar-refractivity contribution in [2.75, 3.05) is 66.5 Å². The first-order chi connectivity index (χ1) is 30.4. The van der Waals surface area contributed by atoms with Crippen LogP contribution in [0.15, 0.2) is 60.9 Å². The van der Waals surface area contributed by atoms with Crippen LogP contribution in [-0.4, -0.2) is 133 Å². The Labute approximate surface area is 372 Å². The molecule has 352 valence electrons. The van der Waals surface area contributed by atoms with Crippen molar-refractivity contribution in [3.63, 3.8) is 0 Å². The summed E-state index contributed by atoms with van der Waals surface area (Å²) in [5.41, 5.74) is 2.16. The van der Waals surface area contributed by atoms with Crippen LogP contribution < -0.4 is 20.1 Å². The van der Waals surface area contributed by atoms with E-state index in [0.717, 1.165) is 75.8 Å². The second-order valence-electron chi connectivity index (χ2n) is 18.1. The monoisotopic (exact) mass is 904 g/mol. The molecule has 4 amide bonds. The fourth-order valence-electron chi connectivity index (χ4n) is 9.79. The van der Waals surface area contributed by atoms with Gasteiger partial charge in [0.2, 0.25) is 0 Å². The van der Waals surface area contributed by atoms with Crippen molar-refractivity contribution < 1.29 is 48.3 Å². The van der Waals surface area contributed by atoms with Crippen molar-refractivity contribution in [3.8, 4) is 11.5 Å². The SMILES string of the molecule is C[C@@H]1C[C@@H](c2ccc(OC(F)(F)F)c3ncccc23)CN(C(=O)NC2CCN(C)CC2)C1.C[C@@H]1C[C@H](c2ccc(OC(F)(F)F)c3ncccc23)CN(C(=O)NC2CCN(C)CC2)C1.[HH].[HH]. The molecule has 64 heavy (non-hydrogen) atoms. The molecule has 0 radical (unpaired) electrons. The Morgan fingerprint density at radius 3 is 1.34 bits per heavy atom. The Bertz CT molecular complexity index is 2090. The summed E-state index contributed by atoms with van der Waals surface area (Å²) in [6.07, 6.45) is -1.21. The topological polar surface area (TPSA) is 115 Å². The van der Waals surface area contributed by atoms with E-state index in [9.17, 15) is 35.9 Å². The minimum atomic E-state index is -4.78. The number of piperidine rings is 4. The summed E-state index contributed by atoms with van der Waals surface area (Å²) in [5, 5.41) is 7.61. The van der Waals surface area contributed by atoms with Gasteiger partial charge in [-0.25, -0.2) is 9.59 Å². The highest BCUT2D eigenvalue weighted by molar-refractivity contribution is 5.89. The molecule has 0 aliphatic carbocycles. The molecule has 2 aromatic carbocycles. The molecule has 12 nitrogen and oxygen atoms in total. The lowest BCUT2D eigenvalue weighted by molar-refractivity contribution is -0.275. The van der Waals surface area contributed by atoms with E-state index in [1.807, 2.05) is 9.80 Å². The lowest BCUT2D eigenvalue weighted by atomic mass is 9.83. The lowest BCUT2D eigenvalue weighted by Gasteiger charge is -2.38. The number of ether oxygens (including phenoxy) is 2. The van der Waals surface area contributed by atoms with Crippen molar-refractivity contribution in [3.05, 3.63) is 72.1 Å². The molecular formula is C46H62F6N8O4. The smallest absolute Gasteiger partial charge is 0.403 e. The van der Waals surface area contributed by atoms with Gasteiger partial charge in [-0.05, 0) is 126 Å². The third-order valence-electron chi connectivity index (χ3n) is 12.8. The first kappa shape index (κ1) is 46.9. The third-order valence-corrected chi connectivity index (χ3v) is 12.8. The molecule has 0 bridgehead atoms. The minimum Gasteiger partial charge on any atom is -0.403 e. The maximum Gasteiger partial charge on any atom is 0.573 e. The van der Waals surface area contributed by atoms with E-state index in [1.165, 1.54) is 24.5 Å². The molecule has 0 unspecified atom stereocenters. The molecule has 4 saturated heterocycles. The number of urea groups is 2. The number of amides is 4. The fourth-order valence-corrected chi connectivity index (χ4v) is 9.79. The summed E-state index contributed by atoms with van der Waals surface area (Å²) < 4.78 is 85.3. The Hall–Kier alpha value is -5.10. The van der Waals surface area contributed by atoms with Crippen molar-refractivity contribution in [2.45, 2.75) is 89.0 Å². The molecule has 18 heteroatoms. The van der Waals surface area contributed by atoms with Crippen molar-refractivity contribution in [2.24, 2.45) is 11.8 Å². The number of nitrogens with zero attached hydrogens (tertiary/aromatic N) is 6. The Balaban J connectivity index is 0.000000240. The molecule has 2 aromatic heterocycles. The van der Waals surface area contributed by atoms with E-state index >= 15 is 0 Å². The first-order valence-electron chi connectivity index (χ1n) is 22.1. The molecule has 6 heterocycles. The largest absolute Gasteiger partial charge is 0.573 e. The highest BCUT2D eigenvalue weighted by Gasteiger charge is 2.36. The van der Waals surface area contributed by atoms with Crippen LogP contribution in [0.1, 0.15) is 78.2 Å². The molecular weight excluding hydrogens is 843 g/mol. The average Bonchev–Trinajstić information content (AvgIpc) is 3.24. The summed E-state index contributed by atoms with van der Waals surface area (Å²) in [6, 6.07) is 13.2. The van der Waals surface area contributed by atoms with Crippen LogP contribution in [0.3, 0.4) is 0 Å².